The molecule has 17 heavy (non-hydrogen) atoms. The minimum atomic E-state index is 0.148. The first-order chi connectivity index (χ1) is 7.95. The summed E-state index contributed by atoms with van der Waals surface area (Å²) in [7, 11) is 0. The highest BCUT2D eigenvalue weighted by molar-refractivity contribution is 9.10. The summed E-state index contributed by atoms with van der Waals surface area (Å²) in [6, 6.07) is 8.55. The van der Waals surface area contributed by atoms with Crippen molar-refractivity contribution in [1.82, 2.24) is 5.32 Å². The van der Waals surface area contributed by atoms with Gasteiger partial charge < -0.3 is 11.1 Å². The Hall–Kier alpha value is -0.380. The molecule has 3 N–H and O–H groups in total. The molecule has 1 aromatic carbocycles. The lowest BCUT2D eigenvalue weighted by Gasteiger charge is -2.26. The summed E-state index contributed by atoms with van der Waals surface area (Å²) < 4.78 is 1.13. The van der Waals surface area contributed by atoms with E-state index in [-0.39, 0.29) is 5.41 Å². The molecular weight excluding hydrogens is 276 g/mol. The fraction of sp³-hybridized carbons (Fsp3) is 0.571. The van der Waals surface area contributed by atoms with Gasteiger partial charge in [-0.2, -0.15) is 0 Å². The van der Waals surface area contributed by atoms with Gasteiger partial charge in [-0.3, -0.25) is 0 Å². The molecule has 2 nitrogen and oxygen atoms in total. The summed E-state index contributed by atoms with van der Waals surface area (Å²) in [4.78, 5) is 0. The fourth-order valence-corrected chi connectivity index (χ4v) is 1.98. The van der Waals surface area contributed by atoms with Gasteiger partial charge in [-0.05, 0) is 36.7 Å². The molecule has 0 aliphatic rings. The van der Waals surface area contributed by atoms with Gasteiger partial charge in [-0.1, -0.05) is 48.8 Å². The highest BCUT2D eigenvalue weighted by Gasteiger charge is 2.19. The van der Waals surface area contributed by atoms with Crippen LogP contribution >= 0.6 is 15.9 Å². The maximum Gasteiger partial charge on any atom is 0.0175 e. The lowest BCUT2D eigenvalue weighted by Crippen LogP contribution is -2.36. The summed E-state index contributed by atoms with van der Waals surface area (Å²) in [5.41, 5.74) is 7.11. The SMILES string of the molecule is CC(CN)CNCC(C)(C)c1ccc(Br)cc1. The van der Waals surface area contributed by atoms with E-state index in [9.17, 15) is 0 Å². The Morgan fingerprint density at radius 2 is 1.88 bits per heavy atom. The quantitative estimate of drug-likeness (QED) is 0.847. The zero-order valence-corrected chi connectivity index (χ0v) is 12.5. The molecule has 1 rings (SSSR count). The molecule has 3 heteroatoms. The molecule has 0 aliphatic carbocycles. The van der Waals surface area contributed by atoms with E-state index in [1.165, 1.54) is 5.56 Å². The lowest BCUT2D eigenvalue weighted by atomic mass is 9.84. The number of nitrogens with two attached hydrogens (primary N) is 1. The van der Waals surface area contributed by atoms with E-state index in [0.717, 1.165) is 24.1 Å². The standard InChI is InChI=1S/C14H23BrN2/c1-11(8-16)9-17-10-14(2,3)12-4-6-13(15)7-5-12/h4-7,11,17H,8-10,16H2,1-3H3. The molecule has 1 unspecified atom stereocenters. The Balaban J connectivity index is 2.53. The molecule has 0 saturated heterocycles. The van der Waals surface area contributed by atoms with Crippen molar-refractivity contribution in [3.63, 3.8) is 0 Å². The van der Waals surface area contributed by atoms with Gasteiger partial charge >= 0.3 is 0 Å². The second-order valence-corrected chi connectivity index (χ2v) is 6.28. The zero-order chi connectivity index (χ0) is 12.9. The first-order valence-corrected chi connectivity index (χ1v) is 6.92. The number of rotatable bonds is 6. The monoisotopic (exact) mass is 298 g/mol. The predicted octanol–water partition coefficient (Wildman–Crippen LogP) is 2.91. The second kappa shape index (κ2) is 6.53. The molecule has 0 aromatic heterocycles. The first kappa shape index (κ1) is 14.7. The summed E-state index contributed by atoms with van der Waals surface area (Å²) in [6.07, 6.45) is 0. The normalized spacial score (nSPS) is 13.7. The van der Waals surface area contributed by atoms with Crippen LogP contribution in [-0.4, -0.2) is 19.6 Å². The summed E-state index contributed by atoms with van der Waals surface area (Å²) in [5, 5.41) is 3.50. The van der Waals surface area contributed by atoms with Gasteiger partial charge in [0.15, 0.2) is 0 Å². The van der Waals surface area contributed by atoms with Crippen LogP contribution in [0.1, 0.15) is 26.3 Å². The van der Waals surface area contributed by atoms with Crippen molar-refractivity contribution in [1.29, 1.82) is 0 Å². The molecule has 0 fully saturated rings. The van der Waals surface area contributed by atoms with Crippen LogP contribution in [0.25, 0.3) is 0 Å². The van der Waals surface area contributed by atoms with E-state index < -0.39 is 0 Å². The van der Waals surface area contributed by atoms with Crippen LogP contribution in [0.3, 0.4) is 0 Å². The largest absolute Gasteiger partial charge is 0.330 e. The van der Waals surface area contributed by atoms with Crippen LogP contribution in [0.2, 0.25) is 0 Å². The Bertz CT molecular complexity index is 333. The topological polar surface area (TPSA) is 38.0 Å². The third kappa shape index (κ3) is 4.78. The maximum atomic E-state index is 5.60. The van der Waals surface area contributed by atoms with E-state index in [1.54, 1.807) is 0 Å². The summed E-state index contributed by atoms with van der Waals surface area (Å²) in [6.45, 7) is 9.38. The molecule has 0 amide bonds. The van der Waals surface area contributed by atoms with Crippen molar-refractivity contribution in [3.05, 3.63) is 34.3 Å². The van der Waals surface area contributed by atoms with Gasteiger partial charge in [-0.15, -0.1) is 0 Å². The Morgan fingerprint density at radius 3 is 2.41 bits per heavy atom. The molecule has 0 saturated carbocycles. The van der Waals surface area contributed by atoms with Crippen molar-refractivity contribution in [2.45, 2.75) is 26.2 Å². The molecule has 1 atom stereocenters. The molecular formula is C14H23BrN2. The van der Waals surface area contributed by atoms with E-state index in [2.05, 4.69) is 66.3 Å². The van der Waals surface area contributed by atoms with Gasteiger partial charge in [0.1, 0.15) is 0 Å². The second-order valence-electron chi connectivity index (χ2n) is 5.36. The van der Waals surface area contributed by atoms with E-state index >= 15 is 0 Å². The minimum absolute atomic E-state index is 0.148. The van der Waals surface area contributed by atoms with E-state index in [4.69, 9.17) is 5.73 Å². The summed E-state index contributed by atoms with van der Waals surface area (Å²) >= 11 is 3.46. The molecule has 0 heterocycles. The Morgan fingerprint density at radius 1 is 1.29 bits per heavy atom. The van der Waals surface area contributed by atoms with Crippen molar-refractivity contribution in [2.75, 3.05) is 19.6 Å². The van der Waals surface area contributed by atoms with Crippen molar-refractivity contribution >= 4 is 15.9 Å². The third-order valence-electron chi connectivity index (χ3n) is 3.09. The summed E-state index contributed by atoms with van der Waals surface area (Å²) in [5.74, 6) is 0.538. The Labute approximate surface area is 113 Å². The number of halogens is 1. The van der Waals surface area contributed by atoms with Crippen LogP contribution < -0.4 is 11.1 Å². The highest BCUT2D eigenvalue weighted by atomic mass is 79.9. The number of benzene rings is 1. The van der Waals surface area contributed by atoms with Crippen LogP contribution in [0, 0.1) is 5.92 Å². The van der Waals surface area contributed by atoms with Gasteiger partial charge in [0.2, 0.25) is 0 Å². The molecule has 0 bridgehead atoms. The van der Waals surface area contributed by atoms with Crippen molar-refractivity contribution < 1.29 is 0 Å². The first-order valence-electron chi connectivity index (χ1n) is 6.12. The molecule has 0 aliphatic heterocycles. The number of hydrogen-bond donors (Lipinski definition) is 2. The number of nitrogens with one attached hydrogen (secondary N) is 1. The lowest BCUT2D eigenvalue weighted by molar-refractivity contribution is 0.434. The zero-order valence-electron chi connectivity index (χ0n) is 11.0. The van der Waals surface area contributed by atoms with Crippen molar-refractivity contribution in [3.8, 4) is 0 Å². The van der Waals surface area contributed by atoms with Crippen molar-refractivity contribution in [2.24, 2.45) is 11.7 Å². The van der Waals surface area contributed by atoms with Crippen LogP contribution in [-0.2, 0) is 5.41 Å². The maximum absolute atomic E-state index is 5.60. The highest BCUT2D eigenvalue weighted by Crippen LogP contribution is 2.23. The molecule has 0 radical (unpaired) electrons. The van der Waals surface area contributed by atoms with Gasteiger partial charge in [-0.25, -0.2) is 0 Å². The van der Waals surface area contributed by atoms with E-state index in [0.29, 0.717) is 5.92 Å². The van der Waals surface area contributed by atoms with Crippen LogP contribution in [0.4, 0.5) is 0 Å². The van der Waals surface area contributed by atoms with Gasteiger partial charge in [0.25, 0.3) is 0 Å². The smallest absolute Gasteiger partial charge is 0.0175 e. The molecule has 0 spiro atoms. The minimum Gasteiger partial charge on any atom is -0.330 e. The van der Waals surface area contributed by atoms with Crippen LogP contribution in [0.5, 0.6) is 0 Å². The Kier molecular flexibility index (Phi) is 5.63. The van der Waals surface area contributed by atoms with Gasteiger partial charge in [0, 0.05) is 16.4 Å². The number of hydrogen-bond acceptors (Lipinski definition) is 2. The average Bonchev–Trinajstić information content (AvgIpc) is 2.29. The third-order valence-corrected chi connectivity index (χ3v) is 3.62. The average molecular weight is 299 g/mol. The molecule has 96 valence electrons. The molecule has 1 aromatic rings. The van der Waals surface area contributed by atoms with E-state index in [1.807, 2.05) is 0 Å². The fourth-order valence-electron chi connectivity index (χ4n) is 1.72. The van der Waals surface area contributed by atoms with Gasteiger partial charge in [0.05, 0.1) is 0 Å². The van der Waals surface area contributed by atoms with Crippen LogP contribution in [0.15, 0.2) is 28.7 Å². The predicted molar refractivity (Wildman–Crippen MR) is 78.3 cm³/mol.